The Morgan fingerprint density at radius 3 is 2.62 bits per heavy atom. The maximum atomic E-state index is 11.8. The smallest absolute Gasteiger partial charge is 0.244 e. The van der Waals surface area contributed by atoms with Crippen molar-refractivity contribution in [2.75, 3.05) is 19.8 Å². The fourth-order valence-corrected chi connectivity index (χ4v) is 2.28. The van der Waals surface area contributed by atoms with E-state index in [0.29, 0.717) is 26.1 Å². The van der Waals surface area contributed by atoms with Crippen LogP contribution in [0.1, 0.15) is 30.9 Å². The molecule has 2 rings (SSSR count). The molecule has 0 unspecified atom stereocenters. The Balaban J connectivity index is 1.81. The van der Waals surface area contributed by atoms with Crippen LogP contribution in [-0.2, 0) is 16.0 Å². The van der Waals surface area contributed by atoms with Crippen LogP contribution in [0.15, 0.2) is 30.3 Å². The van der Waals surface area contributed by atoms with Crippen molar-refractivity contribution in [1.29, 1.82) is 0 Å². The van der Waals surface area contributed by atoms with E-state index < -0.39 is 5.60 Å². The van der Waals surface area contributed by atoms with Crippen LogP contribution in [-0.4, -0.2) is 36.4 Å². The van der Waals surface area contributed by atoms with E-state index in [1.54, 1.807) is 6.08 Å². The van der Waals surface area contributed by atoms with Crippen LogP contribution in [0.3, 0.4) is 0 Å². The highest BCUT2D eigenvalue weighted by molar-refractivity contribution is 5.91. The predicted molar refractivity (Wildman–Crippen MR) is 82.9 cm³/mol. The van der Waals surface area contributed by atoms with Crippen LogP contribution in [0.4, 0.5) is 0 Å². The monoisotopic (exact) mass is 289 g/mol. The van der Waals surface area contributed by atoms with Crippen molar-refractivity contribution in [2.45, 2.75) is 31.8 Å². The van der Waals surface area contributed by atoms with Crippen molar-refractivity contribution in [3.63, 3.8) is 0 Å². The van der Waals surface area contributed by atoms with E-state index in [1.165, 1.54) is 11.6 Å². The van der Waals surface area contributed by atoms with Crippen LogP contribution >= 0.6 is 0 Å². The van der Waals surface area contributed by atoms with Crippen LogP contribution in [0.5, 0.6) is 0 Å². The second-order valence-electron chi connectivity index (χ2n) is 5.48. The fraction of sp³-hybridized carbons (Fsp3) is 0.471. The molecule has 1 aliphatic heterocycles. The summed E-state index contributed by atoms with van der Waals surface area (Å²) < 4.78 is 5.21. The molecule has 1 heterocycles. The quantitative estimate of drug-likeness (QED) is 0.814. The lowest BCUT2D eigenvalue weighted by molar-refractivity contribution is -0.119. The number of hydrogen-bond acceptors (Lipinski definition) is 3. The average molecular weight is 289 g/mol. The summed E-state index contributed by atoms with van der Waals surface area (Å²) in [5.41, 5.74) is 1.44. The van der Waals surface area contributed by atoms with Gasteiger partial charge in [-0.2, -0.15) is 0 Å². The van der Waals surface area contributed by atoms with Gasteiger partial charge < -0.3 is 15.2 Å². The third kappa shape index (κ3) is 4.99. The molecular weight excluding hydrogens is 266 g/mol. The largest absolute Gasteiger partial charge is 0.388 e. The zero-order valence-electron chi connectivity index (χ0n) is 12.5. The van der Waals surface area contributed by atoms with Crippen molar-refractivity contribution in [2.24, 2.45) is 0 Å². The average Bonchev–Trinajstić information content (AvgIpc) is 2.52. The summed E-state index contributed by atoms with van der Waals surface area (Å²) in [7, 11) is 0. The van der Waals surface area contributed by atoms with E-state index in [-0.39, 0.29) is 12.5 Å². The van der Waals surface area contributed by atoms with Crippen LogP contribution in [0, 0.1) is 0 Å². The molecule has 0 aliphatic carbocycles. The molecule has 1 aromatic rings. The Morgan fingerprint density at radius 2 is 2.00 bits per heavy atom. The van der Waals surface area contributed by atoms with Gasteiger partial charge in [-0.05, 0) is 23.6 Å². The van der Waals surface area contributed by atoms with Gasteiger partial charge in [0.2, 0.25) is 5.91 Å². The molecule has 0 saturated carbocycles. The Morgan fingerprint density at radius 1 is 1.33 bits per heavy atom. The number of nitrogens with one attached hydrogen (secondary N) is 1. The molecule has 2 N–H and O–H groups in total. The summed E-state index contributed by atoms with van der Waals surface area (Å²) in [6.45, 7) is 3.48. The molecule has 21 heavy (non-hydrogen) atoms. The maximum Gasteiger partial charge on any atom is 0.244 e. The first-order chi connectivity index (χ1) is 10.1. The van der Waals surface area contributed by atoms with Gasteiger partial charge in [-0.25, -0.2) is 0 Å². The van der Waals surface area contributed by atoms with Gasteiger partial charge in [0, 0.05) is 38.7 Å². The molecule has 0 aromatic heterocycles. The molecule has 1 aliphatic rings. The highest BCUT2D eigenvalue weighted by atomic mass is 16.5. The first-order valence-electron chi connectivity index (χ1n) is 7.46. The van der Waals surface area contributed by atoms with Crippen molar-refractivity contribution in [1.82, 2.24) is 5.32 Å². The van der Waals surface area contributed by atoms with Gasteiger partial charge in [-0.1, -0.05) is 31.2 Å². The zero-order chi connectivity index (χ0) is 15.1. The third-order valence-corrected chi connectivity index (χ3v) is 3.83. The molecule has 1 fully saturated rings. The number of carbonyl (C=O) groups is 1. The predicted octanol–water partition coefficient (Wildman–Crippen LogP) is 1.92. The minimum absolute atomic E-state index is 0.186. The first kappa shape index (κ1) is 15.7. The minimum Gasteiger partial charge on any atom is -0.388 e. The molecule has 4 heteroatoms. The first-order valence-corrected chi connectivity index (χ1v) is 7.46. The number of aryl methyl sites for hydroxylation is 1. The summed E-state index contributed by atoms with van der Waals surface area (Å²) >= 11 is 0. The normalized spacial score (nSPS) is 17.8. The number of amides is 1. The van der Waals surface area contributed by atoms with E-state index >= 15 is 0 Å². The number of aliphatic hydroxyl groups is 1. The maximum absolute atomic E-state index is 11.8. The molecule has 4 nitrogen and oxygen atoms in total. The lowest BCUT2D eigenvalue weighted by Gasteiger charge is -2.31. The van der Waals surface area contributed by atoms with Gasteiger partial charge in [-0.15, -0.1) is 0 Å². The minimum atomic E-state index is -0.829. The Hall–Kier alpha value is -1.65. The molecule has 0 atom stereocenters. The molecular formula is C17H23NO3. The molecule has 0 bridgehead atoms. The van der Waals surface area contributed by atoms with Crippen molar-refractivity contribution < 1.29 is 14.6 Å². The Labute approximate surface area is 125 Å². The molecule has 0 spiro atoms. The van der Waals surface area contributed by atoms with Gasteiger partial charge in [0.05, 0.1) is 5.60 Å². The summed E-state index contributed by atoms with van der Waals surface area (Å²) in [6, 6.07) is 8.11. The van der Waals surface area contributed by atoms with E-state index in [0.717, 1.165) is 12.0 Å². The van der Waals surface area contributed by atoms with Crippen LogP contribution in [0.25, 0.3) is 6.08 Å². The molecule has 1 saturated heterocycles. The second kappa shape index (κ2) is 7.38. The molecule has 1 aromatic carbocycles. The number of ether oxygens (including phenoxy) is 1. The SMILES string of the molecule is CCc1ccc(/C=C/C(=O)NCC2(O)CCOCC2)cc1. The zero-order valence-corrected chi connectivity index (χ0v) is 12.5. The fourth-order valence-electron chi connectivity index (χ4n) is 2.28. The van der Waals surface area contributed by atoms with Crippen LogP contribution < -0.4 is 5.32 Å². The molecule has 0 radical (unpaired) electrons. The molecule has 1 amide bonds. The highest BCUT2D eigenvalue weighted by Crippen LogP contribution is 2.19. The van der Waals surface area contributed by atoms with Gasteiger partial charge in [0.1, 0.15) is 0 Å². The van der Waals surface area contributed by atoms with Gasteiger partial charge in [0.25, 0.3) is 0 Å². The van der Waals surface area contributed by atoms with E-state index in [2.05, 4.69) is 24.4 Å². The summed E-state index contributed by atoms with van der Waals surface area (Å²) in [5.74, 6) is -0.186. The number of carbonyl (C=O) groups excluding carboxylic acids is 1. The van der Waals surface area contributed by atoms with E-state index in [4.69, 9.17) is 4.74 Å². The Bertz CT molecular complexity index is 487. The lowest BCUT2D eigenvalue weighted by Crippen LogP contribution is -2.46. The van der Waals surface area contributed by atoms with Crippen molar-refractivity contribution in [3.8, 4) is 0 Å². The summed E-state index contributed by atoms with van der Waals surface area (Å²) in [4.78, 5) is 11.8. The highest BCUT2D eigenvalue weighted by Gasteiger charge is 2.29. The molecule has 114 valence electrons. The van der Waals surface area contributed by atoms with Gasteiger partial charge in [-0.3, -0.25) is 4.79 Å². The Kier molecular flexibility index (Phi) is 5.53. The van der Waals surface area contributed by atoms with Crippen LogP contribution in [0.2, 0.25) is 0 Å². The van der Waals surface area contributed by atoms with Crippen molar-refractivity contribution in [3.05, 3.63) is 41.5 Å². The summed E-state index contributed by atoms with van der Waals surface area (Å²) in [5, 5.41) is 13.0. The second-order valence-corrected chi connectivity index (χ2v) is 5.48. The third-order valence-electron chi connectivity index (χ3n) is 3.83. The number of benzene rings is 1. The van der Waals surface area contributed by atoms with Gasteiger partial charge >= 0.3 is 0 Å². The number of hydrogen-bond donors (Lipinski definition) is 2. The van der Waals surface area contributed by atoms with E-state index in [1.807, 2.05) is 12.1 Å². The lowest BCUT2D eigenvalue weighted by atomic mass is 9.94. The van der Waals surface area contributed by atoms with Crippen molar-refractivity contribution >= 4 is 12.0 Å². The topological polar surface area (TPSA) is 58.6 Å². The van der Waals surface area contributed by atoms with Gasteiger partial charge in [0.15, 0.2) is 0 Å². The van der Waals surface area contributed by atoms with E-state index in [9.17, 15) is 9.90 Å². The standard InChI is InChI=1S/C17H23NO3/c1-2-14-3-5-15(6-4-14)7-8-16(19)18-13-17(20)9-11-21-12-10-17/h3-8,20H,2,9-13H2,1H3,(H,18,19)/b8-7+. The number of rotatable bonds is 5. The summed E-state index contributed by atoms with van der Waals surface area (Å²) in [6.07, 6.45) is 5.42.